The summed E-state index contributed by atoms with van der Waals surface area (Å²) in [5.41, 5.74) is 0. The van der Waals surface area contributed by atoms with Gasteiger partial charge in [0.25, 0.3) is 0 Å². The van der Waals surface area contributed by atoms with Gasteiger partial charge in [0.05, 0.1) is 13.2 Å². The summed E-state index contributed by atoms with van der Waals surface area (Å²) in [6.07, 6.45) is 4.05. The highest BCUT2D eigenvalue weighted by molar-refractivity contribution is 5.81. The van der Waals surface area contributed by atoms with Crippen molar-refractivity contribution in [1.82, 2.24) is 5.32 Å². The lowest BCUT2D eigenvalue weighted by atomic mass is 9.85. The van der Waals surface area contributed by atoms with Crippen molar-refractivity contribution in [2.45, 2.75) is 43.9 Å². The summed E-state index contributed by atoms with van der Waals surface area (Å²) in [6.45, 7) is 1.95. The van der Waals surface area contributed by atoms with Crippen molar-refractivity contribution in [3.8, 4) is 0 Å². The molecule has 2 atom stereocenters. The molecule has 2 saturated carbocycles. The van der Waals surface area contributed by atoms with E-state index in [1.807, 2.05) is 0 Å². The SMILES string of the molecule is O=C(NCC1CCC2(CC1)OCCO2)C1CC1[N+](=O)[O-]. The Morgan fingerprint density at radius 1 is 1.30 bits per heavy atom. The first-order valence-electron chi connectivity index (χ1n) is 7.29. The quantitative estimate of drug-likeness (QED) is 0.606. The Bertz CT molecular complexity index is 398. The van der Waals surface area contributed by atoms with Crippen LogP contribution in [0.4, 0.5) is 0 Å². The third kappa shape index (κ3) is 2.78. The Labute approximate surface area is 117 Å². The van der Waals surface area contributed by atoms with Crippen LogP contribution in [0, 0.1) is 22.0 Å². The minimum absolute atomic E-state index is 0.166. The molecule has 0 aromatic carbocycles. The van der Waals surface area contributed by atoms with E-state index in [2.05, 4.69) is 5.32 Å². The average Bonchev–Trinajstić information content (AvgIpc) is 3.14. The number of amides is 1. The summed E-state index contributed by atoms with van der Waals surface area (Å²) < 4.78 is 11.3. The minimum atomic E-state index is -0.662. The molecule has 3 aliphatic rings. The molecule has 0 aromatic heterocycles. The smallest absolute Gasteiger partial charge is 0.230 e. The molecule has 2 aliphatic carbocycles. The van der Waals surface area contributed by atoms with Crippen LogP contribution in [-0.2, 0) is 14.3 Å². The van der Waals surface area contributed by atoms with E-state index in [-0.39, 0.29) is 16.6 Å². The molecule has 20 heavy (non-hydrogen) atoms. The Morgan fingerprint density at radius 3 is 2.50 bits per heavy atom. The predicted molar refractivity (Wildman–Crippen MR) is 68.5 cm³/mol. The number of nitro groups is 1. The van der Waals surface area contributed by atoms with E-state index < -0.39 is 12.0 Å². The molecule has 3 rings (SSSR count). The second-order valence-electron chi connectivity index (χ2n) is 5.99. The molecular formula is C13H20N2O5. The number of rotatable bonds is 4. The van der Waals surface area contributed by atoms with E-state index in [0.717, 1.165) is 25.7 Å². The van der Waals surface area contributed by atoms with E-state index in [4.69, 9.17) is 9.47 Å². The lowest BCUT2D eigenvalue weighted by Gasteiger charge is -2.35. The second kappa shape index (κ2) is 5.29. The van der Waals surface area contributed by atoms with Gasteiger partial charge in [0.15, 0.2) is 5.79 Å². The standard InChI is InChI=1S/C13H20N2O5/c16-12(10-7-11(10)15(17)18)14-8-9-1-3-13(4-2-9)19-5-6-20-13/h9-11H,1-8H2,(H,14,16). The number of hydrogen-bond acceptors (Lipinski definition) is 5. The largest absolute Gasteiger partial charge is 0.355 e. The van der Waals surface area contributed by atoms with Gasteiger partial charge in [-0.2, -0.15) is 0 Å². The Hall–Kier alpha value is -1.21. The van der Waals surface area contributed by atoms with Crippen LogP contribution in [0.15, 0.2) is 0 Å². The highest BCUT2D eigenvalue weighted by atomic mass is 16.7. The van der Waals surface area contributed by atoms with Gasteiger partial charge in [-0.05, 0) is 18.8 Å². The summed E-state index contributed by atoms with van der Waals surface area (Å²) in [4.78, 5) is 21.9. The van der Waals surface area contributed by atoms with Crippen molar-refractivity contribution in [1.29, 1.82) is 0 Å². The third-order valence-electron chi connectivity index (χ3n) is 4.61. The Kier molecular flexibility index (Phi) is 3.64. The highest BCUT2D eigenvalue weighted by Gasteiger charge is 2.53. The zero-order valence-corrected chi connectivity index (χ0v) is 11.4. The molecule has 112 valence electrons. The Morgan fingerprint density at radius 2 is 1.95 bits per heavy atom. The molecule has 0 aromatic rings. The van der Waals surface area contributed by atoms with Crippen molar-refractivity contribution in [3.63, 3.8) is 0 Å². The second-order valence-corrected chi connectivity index (χ2v) is 5.99. The molecule has 1 saturated heterocycles. The van der Waals surface area contributed by atoms with Gasteiger partial charge in [-0.3, -0.25) is 14.9 Å². The number of hydrogen-bond donors (Lipinski definition) is 1. The van der Waals surface area contributed by atoms with Crippen molar-refractivity contribution in [2.24, 2.45) is 11.8 Å². The van der Waals surface area contributed by atoms with Crippen LogP contribution in [0.1, 0.15) is 32.1 Å². The normalized spacial score (nSPS) is 32.2. The van der Waals surface area contributed by atoms with Gasteiger partial charge in [0, 0.05) is 30.7 Å². The summed E-state index contributed by atoms with van der Waals surface area (Å²) >= 11 is 0. The summed E-state index contributed by atoms with van der Waals surface area (Å²) in [6, 6.07) is -0.662. The van der Waals surface area contributed by atoms with Crippen LogP contribution in [0.5, 0.6) is 0 Å². The molecule has 2 unspecified atom stereocenters. The maximum absolute atomic E-state index is 11.7. The number of carbonyl (C=O) groups is 1. The van der Waals surface area contributed by atoms with Crippen molar-refractivity contribution >= 4 is 5.91 Å². The highest BCUT2D eigenvalue weighted by Crippen LogP contribution is 2.38. The van der Waals surface area contributed by atoms with Gasteiger partial charge >= 0.3 is 0 Å². The van der Waals surface area contributed by atoms with Gasteiger partial charge in [-0.25, -0.2) is 0 Å². The van der Waals surface area contributed by atoms with Crippen LogP contribution in [0.3, 0.4) is 0 Å². The molecule has 1 aliphatic heterocycles. The summed E-state index contributed by atoms with van der Waals surface area (Å²) in [5, 5.41) is 13.4. The van der Waals surface area contributed by atoms with Crippen LogP contribution >= 0.6 is 0 Å². The first kappa shape index (κ1) is 13.8. The third-order valence-corrected chi connectivity index (χ3v) is 4.61. The number of nitrogens with one attached hydrogen (secondary N) is 1. The number of ether oxygens (including phenoxy) is 2. The first-order valence-corrected chi connectivity index (χ1v) is 7.29. The molecule has 1 amide bonds. The lowest BCUT2D eigenvalue weighted by Crippen LogP contribution is -2.39. The first-order chi connectivity index (χ1) is 9.60. The van der Waals surface area contributed by atoms with E-state index >= 15 is 0 Å². The lowest BCUT2D eigenvalue weighted by molar-refractivity contribution is -0.497. The number of carbonyl (C=O) groups excluding carboxylic acids is 1. The maximum atomic E-state index is 11.7. The molecular weight excluding hydrogens is 264 g/mol. The summed E-state index contributed by atoms with van der Waals surface area (Å²) in [7, 11) is 0. The van der Waals surface area contributed by atoms with Crippen molar-refractivity contribution in [3.05, 3.63) is 10.1 Å². The predicted octanol–water partition coefficient (Wildman–Crippen LogP) is 0.701. The van der Waals surface area contributed by atoms with Gasteiger partial charge in [-0.15, -0.1) is 0 Å². The van der Waals surface area contributed by atoms with E-state index in [0.29, 0.717) is 32.1 Å². The van der Waals surface area contributed by atoms with Crippen molar-refractivity contribution in [2.75, 3.05) is 19.8 Å². The van der Waals surface area contributed by atoms with Crippen LogP contribution < -0.4 is 5.32 Å². The topological polar surface area (TPSA) is 90.7 Å². The van der Waals surface area contributed by atoms with Gasteiger partial charge < -0.3 is 14.8 Å². The molecule has 1 N–H and O–H groups in total. The molecule has 7 nitrogen and oxygen atoms in total. The fraction of sp³-hybridized carbons (Fsp3) is 0.923. The summed E-state index contributed by atoms with van der Waals surface area (Å²) in [5.74, 6) is -0.528. The van der Waals surface area contributed by atoms with Gasteiger partial charge in [-0.1, -0.05) is 0 Å². The molecule has 1 heterocycles. The van der Waals surface area contributed by atoms with Crippen LogP contribution in [0.2, 0.25) is 0 Å². The molecule has 3 fully saturated rings. The molecule has 0 bridgehead atoms. The monoisotopic (exact) mass is 284 g/mol. The fourth-order valence-corrected chi connectivity index (χ4v) is 3.18. The molecule has 0 radical (unpaired) electrons. The maximum Gasteiger partial charge on any atom is 0.230 e. The van der Waals surface area contributed by atoms with E-state index in [1.54, 1.807) is 0 Å². The molecule has 1 spiro atoms. The van der Waals surface area contributed by atoms with Crippen molar-refractivity contribution < 1.29 is 19.2 Å². The zero-order valence-electron chi connectivity index (χ0n) is 11.4. The van der Waals surface area contributed by atoms with E-state index in [1.165, 1.54) is 0 Å². The average molecular weight is 284 g/mol. The number of nitrogens with zero attached hydrogens (tertiary/aromatic N) is 1. The van der Waals surface area contributed by atoms with E-state index in [9.17, 15) is 14.9 Å². The molecule has 7 heteroatoms. The minimum Gasteiger partial charge on any atom is -0.355 e. The fourth-order valence-electron chi connectivity index (χ4n) is 3.18. The Balaban J connectivity index is 1.38. The zero-order chi connectivity index (χ0) is 14.2. The van der Waals surface area contributed by atoms with Crippen LogP contribution in [0.25, 0.3) is 0 Å². The van der Waals surface area contributed by atoms with Gasteiger partial charge in [0.1, 0.15) is 5.92 Å². The van der Waals surface area contributed by atoms with Gasteiger partial charge in [0.2, 0.25) is 11.9 Å². The van der Waals surface area contributed by atoms with Crippen LogP contribution in [-0.4, -0.2) is 42.4 Å².